The van der Waals surface area contributed by atoms with Crippen LogP contribution in [0.1, 0.15) is 15.9 Å². The van der Waals surface area contributed by atoms with E-state index in [0.717, 1.165) is 36.4 Å². The van der Waals surface area contributed by atoms with E-state index in [1.54, 1.807) is 17.3 Å². The van der Waals surface area contributed by atoms with Gasteiger partial charge in [0.25, 0.3) is 5.91 Å². The van der Waals surface area contributed by atoms with Crippen LogP contribution in [-0.4, -0.2) is 48.4 Å². The smallest absolute Gasteiger partial charge is 0.257 e. The number of nitrogens with zero attached hydrogens (tertiary/aromatic N) is 3. The highest BCUT2D eigenvalue weighted by Crippen LogP contribution is 2.18. The van der Waals surface area contributed by atoms with Crippen LogP contribution in [0.2, 0.25) is 0 Å². The second-order valence-corrected chi connectivity index (χ2v) is 5.88. The fraction of sp³-hybridized carbons (Fsp3) is 0.278. The quantitative estimate of drug-likeness (QED) is 0.873. The van der Waals surface area contributed by atoms with Gasteiger partial charge in [-0.1, -0.05) is 12.1 Å². The van der Waals surface area contributed by atoms with Crippen molar-refractivity contribution in [3.63, 3.8) is 0 Å². The van der Waals surface area contributed by atoms with E-state index in [0.29, 0.717) is 18.7 Å². The van der Waals surface area contributed by atoms with Crippen LogP contribution in [0.5, 0.6) is 0 Å². The summed E-state index contributed by atoms with van der Waals surface area (Å²) >= 11 is 0. The normalized spacial score (nSPS) is 14.4. The highest BCUT2D eigenvalue weighted by Gasteiger charge is 2.17. The summed E-state index contributed by atoms with van der Waals surface area (Å²) in [5.74, 6) is -0.179. The van der Waals surface area contributed by atoms with Gasteiger partial charge in [0, 0.05) is 38.1 Å². The summed E-state index contributed by atoms with van der Waals surface area (Å²) in [5, 5.41) is 2.89. The number of hydrogen-bond donors (Lipinski definition) is 1. The van der Waals surface area contributed by atoms with E-state index in [4.69, 9.17) is 0 Å². The van der Waals surface area contributed by atoms with Crippen LogP contribution in [-0.2, 0) is 4.79 Å². The molecule has 0 aliphatic carbocycles. The summed E-state index contributed by atoms with van der Waals surface area (Å²) in [7, 11) is 0. The third-order valence-corrected chi connectivity index (χ3v) is 4.09. The number of nitrogens with one attached hydrogen (secondary N) is 1. The standard InChI is InChI=1S/C18H20N4O2/c1-14-3-2-4-16(9-14)20-18(24)15-10-17(12-19-11-15)22-7-5-21(13-23)6-8-22/h2-4,9-13H,5-8H2,1H3,(H,20,24). The van der Waals surface area contributed by atoms with Crippen molar-refractivity contribution in [3.05, 3.63) is 53.9 Å². The van der Waals surface area contributed by atoms with Crippen LogP contribution in [0.4, 0.5) is 11.4 Å². The molecule has 1 aliphatic rings. The Kier molecular flexibility index (Phi) is 4.74. The molecule has 1 fully saturated rings. The molecular weight excluding hydrogens is 304 g/mol. The molecular formula is C18H20N4O2. The number of benzene rings is 1. The van der Waals surface area contributed by atoms with Gasteiger partial charge in [0.1, 0.15) is 0 Å². The summed E-state index contributed by atoms with van der Waals surface area (Å²) in [5.41, 5.74) is 3.28. The summed E-state index contributed by atoms with van der Waals surface area (Å²) in [6, 6.07) is 9.52. The minimum absolute atomic E-state index is 0.179. The van der Waals surface area contributed by atoms with E-state index in [1.165, 1.54) is 0 Å². The van der Waals surface area contributed by atoms with E-state index in [1.807, 2.05) is 37.3 Å². The van der Waals surface area contributed by atoms with Crippen LogP contribution >= 0.6 is 0 Å². The molecule has 0 radical (unpaired) electrons. The zero-order valence-electron chi connectivity index (χ0n) is 13.6. The lowest BCUT2D eigenvalue weighted by atomic mass is 10.2. The largest absolute Gasteiger partial charge is 0.367 e. The maximum atomic E-state index is 12.4. The minimum Gasteiger partial charge on any atom is -0.367 e. The average Bonchev–Trinajstić information content (AvgIpc) is 2.62. The van der Waals surface area contributed by atoms with Crippen LogP contribution in [0.25, 0.3) is 0 Å². The number of rotatable bonds is 4. The number of aromatic nitrogens is 1. The monoisotopic (exact) mass is 324 g/mol. The lowest BCUT2D eigenvalue weighted by Gasteiger charge is -2.34. The first-order valence-corrected chi connectivity index (χ1v) is 7.93. The van der Waals surface area contributed by atoms with Crippen molar-refractivity contribution >= 4 is 23.7 Å². The molecule has 1 saturated heterocycles. The van der Waals surface area contributed by atoms with Crippen molar-refractivity contribution in [2.45, 2.75) is 6.92 Å². The number of pyridine rings is 1. The van der Waals surface area contributed by atoms with Gasteiger partial charge in [-0.3, -0.25) is 14.6 Å². The highest BCUT2D eigenvalue weighted by atomic mass is 16.1. The third-order valence-electron chi connectivity index (χ3n) is 4.09. The topological polar surface area (TPSA) is 65.5 Å². The molecule has 124 valence electrons. The molecule has 2 heterocycles. The summed E-state index contributed by atoms with van der Waals surface area (Å²) < 4.78 is 0. The van der Waals surface area contributed by atoms with E-state index in [9.17, 15) is 9.59 Å². The lowest BCUT2D eigenvalue weighted by Crippen LogP contribution is -2.45. The zero-order chi connectivity index (χ0) is 16.9. The Morgan fingerprint density at radius 3 is 2.67 bits per heavy atom. The predicted octanol–water partition coefficient (Wildman–Crippen LogP) is 1.92. The van der Waals surface area contributed by atoms with Gasteiger partial charge >= 0.3 is 0 Å². The molecule has 0 bridgehead atoms. The van der Waals surface area contributed by atoms with Crippen LogP contribution < -0.4 is 10.2 Å². The Morgan fingerprint density at radius 1 is 1.17 bits per heavy atom. The molecule has 24 heavy (non-hydrogen) atoms. The minimum atomic E-state index is -0.179. The molecule has 0 atom stereocenters. The van der Waals surface area contributed by atoms with E-state index in [2.05, 4.69) is 15.2 Å². The molecule has 2 amide bonds. The number of carbonyl (C=O) groups is 2. The number of hydrogen-bond acceptors (Lipinski definition) is 4. The van der Waals surface area contributed by atoms with Crippen LogP contribution in [0.3, 0.4) is 0 Å². The third kappa shape index (κ3) is 3.71. The summed E-state index contributed by atoms with van der Waals surface area (Å²) in [6.45, 7) is 4.83. The predicted molar refractivity (Wildman–Crippen MR) is 93.2 cm³/mol. The highest BCUT2D eigenvalue weighted by molar-refractivity contribution is 6.04. The molecule has 1 aliphatic heterocycles. The molecule has 3 rings (SSSR count). The Hall–Kier alpha value is -2.89. The molecule has 2 aromatic rings. The van der Waals surface area contributed by atoms with Gasteiger partial charge in [0.2, 0.25) is 6.41 Å². The summed E-state index contributed by atoms with van der Waals surface area (Å²) in [4.78, 5) is 31.3. The molecule has 0 spiro atoms. The molecule has 1 aromatic heterocycles. The lowest BCUT2D eigenvalue weighted by molar-refractivity contribution is -0.118. The first-order valence-electron chi connectivity index (χ1n) is 7.93. The van der Waals surface area contributed by atoms with E-state index in [-0.39, 0.29) is 5.91 Å². The van der Waals surface area contributed by atoms with Gasteiger partial charge in [-0.05, 0) is 30.7 Å². The van der Waals surface area contributed by atoms with Crippen molar-refractivity contribution < 1.29 is 9.59 Å². The molecule has 6 heteroatoms. The number of aryl methyl sites for hydroxylation is 1. The number of anilines is 2. The molecule has 1 N–H and O–H groups in total. The summed E-state index contributed by atoms with van der Waals surface area (Å²) in [6.07, 6.45) is 4.19. The van der Waals surface area contributed by atoms with Crippen molar-refractivity contribution in [2.24, 2.45) is 0 Å². The maximum Gasteiger partial charge on any atom is 0.257 e. The van der Waals surface area contributed by atoms with Crippen molar-refractivity contribution in [1.29, 1.82) is 0 Å². The molecule has 1 aromatic carbocycles. The maximum absolute atomic E-state index is 12.4. The first kappa shape index (κ1) is 16.0. The van der Waals surface area contributed by atoms with Gasteiger partial charge in [0.15, 0.2) is 0 Å². The number of amides is 2. The Morgan fingerprint density at radius 2 is 1.96 bits per heavy atom. The number of piperazine rings is 1. The van der Waals surface area contributed by atoms with Gasteiger partial charge in [-0.25, -0.2) is 0 Å². The Bertz CT molecular complexity index is 739. The Balaban J connectivity index is 1.70. The van der Waals surface area contributed by atoms with Gasteiger partial charge in [0.05, 0.1) is 17.4 Å². The Labute approximate surface area is 141 Å². The van der Waals surface area contributed by atoms with Crippen molar-refractivity contribution in [3.8, 4) is 0 Å². The van der Waals surface area contributed by atoms with Crippen molar-refractivity contribution in [1.82, 2.24) is 9.88 Å². The second-order valence-electron chi connectivity index (χ2n) is 5.88. The van der Waals surface area contributed by atoms with Gasteiger partial charge in [-0.2, -0.15) is 0 Å². The van der Waals surface area contributed by atoms with E-state index < -0.39 is 0 Å². The SMILES string of the molecule is Cc1cccc(NC(=O)c2cncc(N3CCN(C=O)CC3)c2)c1. The van der Waals surface area contributed by atoms with E-state index >= 15 is 0 Å². The van der Waals surface area contributed by atoms with Crippen LogP contribution in [0, 0.1) is 6.92 Å². The van der Waals surface area contributed by atoms with Crippen molar-refractivity contribution in [2.75, 3.05) is 36.4 Å². The second kappa shape index (κ2) is 7.12. The zero-order valence-corrected chi connectivity index (χ0v) is 13.6. The van der Waals surface area contributed by atoms with Crippen LogP contribution in [0.15, 0.2) is 42.7 Å². The first-order chi connectivity index (χ1) is 11.7. The van der Waals surface area contributed by atoms with Gasteiger partial charge < -0.3 is 15.1 Å². The molecule has 6 nitrogen and oxygen atoms in total. The molecule has 0 unspecified atom stereocenters. The molecule has 0 saturated carbocycles. The number of carbonyl (C=O) groups excluding carboxylic acids is 2. The fourth-order valence-corrected chi connectivity index (χ4v) is 2.74. The fourth-order valence-electron chi connectivity index (χ4n) is 2.74. The average molecular weight is 324 g/mol. The van der Waals surface area contributed by atoms with Gasteiger partial charge in [-0.15, -0.1) is 0 Å².